The molecule has 0 radical (unpaired) electrons. The molecule has 1 heterocycles. The van der Waals surface area contributed by atoms with Crippen molar-refractivity contribution in [3.8, 4) is 0 Å². The number of hydrogen-bond donors (Lipinski definition) is 2. The Hall–Kier alpha value is -1.23. The normalized spacial score (nSPS) is 14.7. The Bertz CT molecular complexity index is 324. The van der Waals surface area contributed by atoms with Gasteiger partial charge in [0.05, 0.1) is 11.4 Å². The molecule has 15 heavy (non-hydrogen) atoms. The Labute approximate surface area is 90.5 Å². The van der Waals surface area contributed by atoms with Gasteiger partial charge >= 0.3 is 0 Å². The minimum Gasteiger partial charge on any atom is -0.350 e. The SMILES string of the molecule is Cc1nnc(NC(C)CC(C)N)nc1C. The summed E-state index contributed by atoms with van der Waals surface area (Å²) in [5, 5.41) is 11.2. The van der Waals surface area contributed by atoms with Crippen molar-refractivity contribution in [3.63, 3.8) is 0 Å². The van der Waals surface area contributed by atoms with Crippen LogP contribution in [0.25, 0.3) is 0 Å². The minimum absolute atomic E-state index is 0.173. The van der Waals surface area contributed by atoms with E-state index in [-0.39, 0.29) is 12.1 Å². The molecule has 0 fully saturated rings. The van der Waals surface area contributed by atoms with Crippen LogP contribution < -0.4 is 11.1 Å². The molecule has 5 heteroatoms. The first-order valence-corrected chi connectivity index (χ1v) is 5.19. The van der Waals surface area contributed by atoms with Crippen LogP contribution in [0.1, 0.15) is 31.7 Å². The van der Waals surface area contributed by atoms with E-state index < -0.39 is 0 Å². The molecule has 2 atom stereocenters. The van der Waals surface area contributed by atoms with Crippen molar-refractivity contribution in [2.75, 3.05) is 5.32 Å². The average Bonchev–Trinajstić information content (AvgIpc) is 2.10. The Morgan fingerprint density at radius 3 is 2.40 bits per heavy atom. The number of rotatable bonds is 4. The third-order valence-corrected chi connectivity index (χ3v) is 2.19. The molecule has 0 saturated carbocycles. The van der Waals surface area contributed by atoms with Crippen LogP contribution in [-0.4, -0.2) is 27.3 Å². The van der Waals surface area contributed by atoms with Crippen LogP contribution in [0, 0.1) is 13.8 Å². The Morgan fingerprint density at radius 2 is 1.87 bits per heavy atom. The lowest BCUT2D eigenvalue weighted by Gasteiger charge is -2.15. The minimum atomic E-state index is 0.173. The molecule has 0 bridgehead atoms. The van der Waals surface area contributed by atoms with Gasteiger partial charge in [0, 0.05) is 12.1 Å². The molecule has 5 nitrogen and oxygen atoms in total. The number of hydrogen-bond acceptors (Lipinski definition) is 5. The van der Waals surface area contributed by atoms with E-state index in [1.807, 2.05) is 20.8 Å². The molecule has 0 saturated heterocycles. The lowest BCUT2D eigenvalue weighted by Crippen LogP contribution is -2.27. The van der Waals surface area contributed by atoms with Crippen molar-refractivity contribution in [2.45, 2.75) is 46.2 Å². The quantitative estimate of drug-likeness (QED) is 0.774. The number of aromatic nitrogens is 3. The summed E-state index contributed by atoms with van der Waals surface area (Å²) in [7, 11) is 0. The summed E-state index contributed by atoms with van der Waals surface area (Å²) < 4.78 is 0. The first-order chi connectivity index (χ1) is 6.99. The molecular formula is C10H19N5. The zero-order valence-electron chi connectivity index (χ0n) is 9.78. The van der Waals surface area contributed by atoms with Gasteiger partial charge in [-0.15, -0.1) is 5.10 Å². The van der Waals surface area contributed by atoms with E-state index in [1.54, 1.807) is 0 Å². The summed E-state index contributed by atoms with van der Waals surface area (Å²) >= 11 is 0. The molecule has 3 N–H and O–H groups in total. The standard InChI is InChI=1S/C10H19N5/c1-6(11)5-7(2)12-10-13-8(3)9(4)14-15-10/h6-7H,5,11H2,1-4H3,(H,12,13,15). The Balaban J connectivity index is 2.60. The van der Waals surface area contributed by atoms with Gasteiger partial charge in [-0.25, -0.2) is 4.98 Å². The third kappa shape index (κ3) is 3.79. The van der Waals surface area contributed by atoms with Crippen LogP contribution in [0.3, 0.4) is 0 Å². The summed E-state index contributed by atoms with van der Waals surface area (Å²) in [5.41, 5.74) is 7.47. The second kappa shape index (κ2) is 5.02. The van der Waals surface area contributed by atoms with E-state index in [0.29, 0.717) is 5.95 Å². The van der Waals surface area contributed by atoms with Crippen LogP contribution >= 0.6 is 0 Å². The molecule has 1 aromatic heterocycles. The number of nitrogens with one attached hydrogen (secondary N) is 1. The highest BCUT2D eigenvalue weighted by atomic mass is 15.2. The molecule has 1 rings (SSSR count). The van der Waals surface area contributed by atoms with Gasteiger partial charge in [-0.1, -0.05) is 0 Å². The van der Waals surface area contributed by atoms with Gasteiger partial charge in [0.25, 0.3) is 0 Å². The highest BCUT2D eigenvalue weighted by Gasteiger charge is 2.07. The molecular weight excluding hydrogens is 190 g/mol. The van der Waals surface area contributed by atoms with E-state index in [4.69, 9.17) is 5.73 Å². The van der Waals surface area contributed by atoms with Crippen LogP contribution in [0.2, 0.25) is 0 Å². The molecule has 0 amide bonds. The van der Waals surface area contributed by atoms with E-state index in [0.717, 1.165) is 17.8 Å². The third-order valence-electron chi connectivity index (χ3n) is 2.19. The Morgan fingerprint density at radius 1 is 1.20 bits per heavy atom. The van der Waals surface area contributed by atoms with E-state index in [2.05, 4.69) is 27.4 Å². The lowest BCUT2D eigenvalue weighted by atomic mass is 10.1. The fourth-order valence-corrected chi connectivity index (χ4v) is 1.35. The monoisotopic (exact) mass is 209 g/mol. The molecule has 2 unspecified atom stereocenters. The van der Waals surface area contributed by atoms with E-state index in [9.17, 15) is 0 Å². The van der Waals surface area contributed by atoms with E-state index >= 15 is 0 Å². The highest BCUT2D eigenvalue weighted by Crippen LogP contribution is 2.05. The molecule has 0 aromatic carbocycles. The number of aryl methyl sites for hydroxylation is 2. The predicted molar refractivity (Wildman–Crippen MR) is 60.7 cm³/mol. The molecule has 0 aliphatic carbocycles. The smallest absolute Gasteiger partial charge is 0.243 e. The summed E-state index contributed by atoms with van der Waals surface area (Å²) in [6.45, 7) is 7.86. The number of nitrogens with two attached hydrogens (primary N) is 1. The van der Waals surface area contributed by atoms with Gasteiger partial charge in [-0.05, 0) is 34.1 Å². The van der Waals surface area contributed by atoms with Gasteiger partial charge in [-0.2, -0.15) is 5.10 Å². The first kappa shape index (κ1) is 11.8. The van der Waals surface area contributed by atoms with Crippen molar-refractivity contribution >= 4 is 5.95 Å². The number of anilines is 1. The van der Waals surface area contributed by atoms with Crippen LogP contribution in [0.15, 0.2) is 0 Å². The first-order valence-electron chi connectivity index (χ1n) is 5.19. The van der Waals surface area contributed by atoms with Crippen molar-refractivity contribution < 1.29 is 0 Å². The fraction of sp³-hybridized carbons (Fsp3) is 0.700. The fourth-order valence-electron chi connectivity index (χ4n) is 1.35. The lowest BCUT2D eigenvalue weighted by molar-refractivity contribution is 0.600. The Kier molecular flexibility index (Phi) is 3.96. The topological polar surface area (TPSA) is 76.7 Å². The largest absolute Gasteiger partial charge is 0.350 e. The van der Waals surface area contributed by atoms with Crippen LogP contribution in [-0.2, 0) is 0 Å². The van der Waals surface area contributed by atoms with Gasteiger partial charge < -0.3 is 11.1 Å². The maximum Gasteiger partial charge on any atom is 0.243 e. The molecule has 84 valence electrons. The predicted octanol–water partition coefficient (Wildman–Crippen LogP) is 1.03. The zero-order valence-corrected chi connectivity index (χ0v) is 9.78. The van der Waals surface area contributed by atoms with Gasteiger partial charge in [0.2, 0.25) is 5.95 Å². The molecule has 0 spiro atoms. The van der Waals surface area contributed by atoms with Gasteiger partial charge in [0.15, 0.2) is 0 Å². The van der Waals surface area contributed by atoms with E-state index in [1.165, 1.54) is 0 Å². The second-order valence-electron chi connectivity index (χ2n) is 4.06. The van der Waals surface area contributed by atoms with Crippen LogP contribution in [0.5, 0.6) is 0 Å². The average molecular weight is 209 g/mol. The van der Waals surface area contributed by atoms with Crippen molar-refractivity contribution in [2.24, 2.45) is 5.73 Å². The second-order valence-corrected chi connectivity index (χ2v) is 4.06. The van der Waals surface area contributed by atoms with Crippen molar-refractivity contribution in [3.05, 3.63) is 11.4 Å². The highest BCUT2D eigenvalue weighted by molar-refractivity contribution is 5.25. The maximum absolute atomic E-state index is 5.70. The molecule has 0 aliphatic rings. The summed E-state index contributed by atoms with van der Waals surface area (Å²) in [4.78, 5) is 4.29. The molecule has 1 aromatic rings. The summed E-state index contributed by atoms with van der Waals surface area (Å²) in [5.74, 6) is 0.575. The summed E-state index contributed by atoms with van der Waals surface area (Å²) in [6.07, 6.45) is 0.885. The number of nitrogens with zero attached hydrogens (tertiary/aromatic N) is 3. The van der Waals surface area contributed by atoms with Gasteiger partial charge in [-0.3, -0.25) is 0 Å². The van der Waals surface area contributed by atoms with Gasteiger partial charge in [0.1, 0.15) is 0 Å². The zero-order chi connectivity index (χ0) is 11.4. The summed E-state index contributed by atoms with van der Waals surface area (Å²) in [6, 6.07) is 0.431. The van der Waals surface area contributed by atoms with Crippen molar-refractivity contribution in [1.82, 2.24) is 15.2 Å². The van der Waals surface area contributed by atoms with Crippen LogP contribution in [0.4, 0.5) is 5.95 Å². The molecule has 0 aliphatic heterocycles. The maximum atomic E-state index is 5.70. The van der Waals surface area contributed by atoms with Crippen molar-refractivity contribution in [1.29, 1.82) is 0 Å².